The first-order chi connectivity index (χ1) is 6.74. The number of nitrogens with two attached hydrogens (primary N) is 1. The maximum atomic E-state index is 5.64. The third kappa shape index (κ3) is 2.27. The van der Waals surface area contributed by atoms with E-state index in [-0.39, 0.29) is 0 Å². The molecule has 0 amide bonds. The van der Waals surface area contributed by atoms with Gasteiger partial charge in [0, 0.05) is 4.75 Å². The van der Waals surface area contributed by atoms with E-state index < -0.39 is 0 Å². The molecule has 0 aromatic carbocycles. The minimum absolute atomic E-state index is 0.687. The van der Waals surface area contributed by atoms with Crippen LogP contribution in [0.5, 0.6) is 0 Å². The Balaban J connectivity index is 1.86. The summed E-state index contributed by atoms with van der Waals surface area (Å²) in [6, 6.07) is 0. The number of rotatable bonds is 2. The van der Waals surface area contributed by atoms with E-state index in [1.54, 1.807) is 0 Å². The summed E-state index contributed by atoms with van der Waals surface area (Å²) in [6.07, 6.45) is 8.58. The van der Waals surface area contributed by atoms with Gasteiger partial charge < -0.3 is 5.73 Å². The lowest BCUT2D eigenvalue weighted by Gasteiger charge is -2.35. The fourth-order valence-corrected chi connectivity index (χ4v) is 4.75. The molecule has 2 heteroatoms. The standard InChI is InChI=1S/C12H23NS/c1-10-2-5-12(6-3-10)8-11(4-7-13)9-14-12/h10-11H,2-9,13H2,1H3. The normalized spacial score (nSPS) is 43.3. The van der Waals surface area contributed by atoms with Crippen molar-refractivity contribution in [2.75, 3.05) is 12.3 Å². The van der Waals surface area contributed by atoms with Gasteiger partial charge in [0.1, 0.15) is 0 Å². The maximum absolute atomic E-state index is 5.64. The average molecular weight is 213 g/mol. The zero-order valence-corrected chi connectivity index (χ0v) is 10.1. The predicted molar refractivity (Wildman–Crippen MR) is 64.6 cm³/mol. The summed E-state index contributed by atoms with van der Waals surface area (Å²) in [6.45, 7) is 3.29. The maximum Gasteiger partial charge on any atom is 0.0163 e. The van der Waals surface area contributed by atoms with Crippen molar-refractivity contribution in [1.82, 2.24) is 0 Å². The summed E-state index contributed by atoms with van der Waals surface area (Å²) in [5.74, 6) is 3.29. The van der Waals surface area contributed by atoms with Crippen molar-refractivity contribution < 1.29 is 0 Å². The molecule has 0 bridgehead atoms. The van der Waals surface area contributed by atoms with Gasteiger partial charge in [0.15, 0.2) is 0 Å². The zero-order valence-electron chi connectivity index (χ0n) is 9.30. The van der Waals surface area contributed by atoms with Crippen LogP contribution in [0.4, 0.5) is 0 Å². The summed E-state index contributed by atoms with van der Waals surface area (Å²) < 4.78 is 0.687. The zero-order chi connectivity index (χ0) is 10.0. The fraction of sp³-hybridized carbons (Fsp3) is 1.00. The Hall–Kier alpha value is 0.310. The molecule has 2 rings (SSSR count). The molecular weight excluding hydrogens is 190 g/mol. The highest BCUT2D eigenvalue weighted by molar-refractivity contribution is 8.00. The Labute approximate surface area is 92.2 Å². The fourth-order valence-electron chi connectivity index (χ4n) is 3.00. The van der Waals surface area contributed by atoms with Gasteiger partial charge in [0.05, 0.1) is 0 Å². The molecule has 0 aromatic rings. The molecule has 0 aromatic heterocycles. The Kier molecular flexibility index (Phi) is 3.43. The first kappa shape index (κ1) is 10.8. The second-order valence-corrected chi connectivity index (χ2v) is 6.81. The van der Waals surface area contributed by atoms with Crippen LogP contribution >= 0.6 is 11.8 Å². The minimum Gasteiger partial charge on any atom is -0.330 e. The highest BCUT2D eigenvalue weighted by Crippen LogP contribution is 2.51. The topological polar surface area (TPSA) is 26.0 Å². The molecule has 1 nitrogen and oxygen atoms in total. The van der Waals surface area contributed by atoms with Crippen molar-refractivity contribution in [3.8, 4) is 0 Å². The van der Waals surface area contributed by atoms with Gasteiger partial charge in [0.2, 0.25) is 0 Å². The Morgan fingerprint density at radius 3 is 2.71 bits per heavy atom. The van der Waals surface area contributed by atoms with Gasteiger partial charge in [-0.3, -0.25) is 0 Å². The number of hydrogen-bond donors (Lipinski definition) is 1. The van der Waals surface area contributed by atoms with Gasteiger partial charge >= 0.3 is 0 Å². The van der Waals surface area contributed by atoms with E-state index in [0.29, 0.717) is 4.75 Å². The van der Waals surface area contributed by atoms with Crippen LogP contribution in [0, 0.1) is 11.8 Å². The Morgan fingerprint density at radius 1 is 1.36 bits per heavy atom. The van der Waals surface area contributed by atoms with Crippen molar-refractivity contribution in [3.05, 3.63) is 0 Å². The van der Waals surface area contributed by atoms with Crippen LogP contribution in [0.3, 0.4) is 0 Å². The second-order valence-electron chi connectivity index (χ2n) is 5.32. The smallest absolute Gasteiger partial charge is 0.0163 e. The highest BCUT2D eigenvalue weighted by atomic mass is 32.2. The van der Waals surface area contributed by atoms with E-state index in [2.05, 4.69) is 18.7 Å². The van der Waals surface area contributed by atoms with Crippen LogP contribution in [0.1, 0.15) is 45.4 Å². The Bertz CT molecular complexity index is 185. The van der Waals surface area contributed by atoms with Gasteiger partial charge in [-0.1, -0.05) is 6.92 Å². The quantitative estimate of drug-likeness (QED) is 0.763. The highest BCUT2D eigenvalue weighted by Gasteiger charge is 2.41. The molecule has 1 atom stereocenters. The lowest BCUT2D eigenvalue weighted by molar-refractivity contribution is 0.292. The van der Waals surface area contributed by atoms with Gasteiger partial charge in [-0.2, -0.15) is 11.8 Å². The lowest BCUT2D eigenvalue weighted by atomic mass is 9.78. The molecule has 14 heavy (non-hydrogen) atoms. The van der Waals surface area contributed by atoms with Crippen molar-refractivity contribution in [2.24, 2.45) is 17.6 Å². The van der Waals surface area contributed by atoms with E-state index in [4.69, 9.17) is 5.73 Å². The average Bonchev–Trinajstić information content (AvgIpc) is 2.56. The third-order valence-electron chi connectivity index (χ3n) is 4.05. The van der Waals surface area contributed by atoms with Crippen LogP contribution < -0.4 is 5.73 Å². The molecule has 1 spiro atoms. The second kappa shape index (κ2) is 4.44. The predicted octanol–water partition coefficient (Wildman–Crippen LogP) is 3.04. The van der Waals surface area contributed by atoms with Crippen molar-refractivity contribution in [2.45, 2.75) is 50.2 Å². The summed E-state index contributed by atoms with van der Waals surface area (Å²) in [5.41, 5.74) is 5.64. The van der Waals surface area contributed by atoms with E-state index in [0.717, 1.165) is 18.4 Å². The summed E-state index contributed by atoms with van der Waals surface area (Å²) in [7, 11) is 0. The van der Waals surface area contributed by atoms with Crippen LogP contribution in [0.25, 0.3) is 0 Å². The molecule has 2 fully saturated rings. The van der Waals surface area contributed by atoms with E-state index >= 15 is 0 Å². The first-order valence-corrected chi connectivity index (χ1v) is 7.07. The summed E-state index contributed by atoms with van der Waals surface area (Å²) in [5, 5.41) is 0. The largest absolute Gasteiger partial charge is 0.330 e. The number of hydrogen-bond acceptors (Lipinski definition) is 2. The van der Waals surface area contributed by atoms with E-state index in [1.165, 1.54) is 44.3 Å². The SMILES string of the molecule is CC1CCC2(CC1)CC(CCN)CS2. The molecule has 1 saturated heterocycles. The minimum atomic E-state index is 0.687. The number of thioether (sulfide) groups is 1. The first-order valence-electron chi connectivity index (χ1n) is 6.08. The van der Waals surface area contributed by atoms with Crippen molar-refractivity contribution in [1.29, 1.82) is 0 Å². The van der Waals surface area contributed by atoms with Gasteiger partial charge in [0.25, 0.3) is 0 Å². The van der Waals surface area contributed by atoms with Gasteiger partial charge in [-0.05, 0) is 62.7 Å². The molecule has 1 heterocycles. The molecule has 1 aliphatic heterocycles. The molecule has 1 aliphatic carbocycles. The summed E-state index contributed by atoms with van der Waals surface area (Å²) >= 11 is 2.26. The van der Waals surface area contributed by atoms with Crippen LogP contribution in [-0.4, -0.2) is 17.0 Å². The Morgan fingerprint density at radius 2 is 2.07 bits per heavy atom. The molecule has 82 valence electrons. The van der Waals surface area contributed by atoms with Gasteiger partial charge in [-0.25, -0.2) is 0 Å². The van der Waals surface area contributed by atoms with Crippen LogP contribution in [-0.2, 0) is 0 Å². The molecule has 1 saturated carbocycles. The molecule has 0 radical (unpaired) electrons. The van der Waals surface area contributed by atoms with Crippen molar-refractivity contribution in [3.63, 3.8) is 0 Å². The third-order valence-corrected chi connectivity index (χ3v) is 5.87. The molecular formula is C12H23NS. The van der Waals surface area contributed by atoms with Crippen molar-refractivity contribution >= 4 is 11.8 Å². The molecule has 2 aliphatic rings. The summed E-state index contributed by atoms with van der Waals surface area (Å²) in [4.78, 5) is 0. The monoisotopic (exact) mass is 213 g/mol. The van der Waals surface area contributed by atoms with Gasteiger partial charge in [-0.15, -0.1) is 0 Å². The lowest BCUT2D eigenvalue weighted by Crippen LogP contribution is -2.28. The molecule has 1 unspecified atom stereocenters. The van der Waals surface area contributed by atoms with Crippen LogP contribution in [0.2, 0.25) is 0 Å². The van der Waals surface area contributed by atoms with E-state index in [9.17, 15) is 0 Å². The van der Waals surface area contributed by atoms with E-state index in [1.807, 2.05) is 0 Å². The van der Waals surface area contributed by atoms with Crippen LogP contribution in [0.15, 0.2) is 0 Å². The molecule has 2 N–H and O–H groups in total.